The van der Waals surface area contributed by atoms with Gasteiger partial charge in [-0.3, -0.25) is 9.88 Å². The number of ether oxygens (including phenoxy) is 1. The molecule has 0 aromatic carbocycles. The third-order valence-electron chi connectivity index (χ3n) is 2.98. The minimum Gasteiger partial charge on any atom is -0.490 e. The van der Waals surface area contributed by atoms with E-state index in [0.29, 0.717) is 29.4 Å². The van der Waals surface area contributed by atoms with Crippen molar-refractivity contribution in [1.29, 1.82) is 0 Å². The van der Waals surface area contributed by atoms with Gasteiger partial charge in [-0.15, -0.1) is 0 Å². The number of thiocarbonyl (C=S) groups is 1. The van der Waals surface area contributed by atoms with Gasteiger partial charge in [0.25, 0.3) is 0 Å². The number of aromatic nitrogens is 1. The lowest BCUT2D eigenvalue weighted by atomic mass is 10.2. The van der Waals surface area contributed by atoms with Crippen LogP contribution >= 0.6 is 12.2 Å². The molecule has 0 saturated carbocycles. The lowest BCUT2D eigenvalue weighted by molar-refractivity contribution is 0.141. The average Bonchev–Trinajstić information content (AvgIpc) is 2.33. The summed E-state index contributed by atoms with van der Waals surface area (Å²) in [5, 5.41) is 0. The molecule has 0 atom stereocenters. The molecule has 0 fully saturated rings. The van der Waals surface area contributed by atoms with Crippen LogP contribution in [-0.2, 0) is 0 Å². The van der Waals surface area contributed by atoms with Crippen LogP contribution in [0.25, 0.3) is 0 Å². The summed E-state index contributed by atoms with van der Waals surface area (Å²) < 4.78 is 5.76. The van der Waals surface area contributed by atoms with Crippen molar-refractivity contribution in [3.05, 3.63) is 24.0 Å². The molecule has 0 aliphatic heterocycles. The second kappa shape index (κ2) is 7.40. The summed E-state index contributed by atoms with van der Waals surface area (Å²) in [6.45, 7) is 10.2. The van der Waals surface area contributed by atoms with Gasteiger partial charge in [0.05, 0.1) is 11.8 Å². The van der Waals surface area contributed by atoms with Crippen molar-refractivity contribution in [1.82, 2.24) is 9.88 Å². The summed E-state index contributed by atoms with van der Waals surface area (Å²) >= 11 is 4.99. The summed E-state index contributed by atoms with van der Waals surface area (Å²) in [5.41, 5.74) is 6.40. The Morgan fingerprint density at radius 1 is 1.37 bits per heavy atom. The lowest BCUT2D eigenvalue weighted by Crippen LogP contribution is -2.39. The van der Waals surface area contributed by atoms with Crippen LogP contribution < -0.4 is 10.5 Å². The molecule has 0 bridgehead atoms. The fourth-order valence-corrected chi connectivity index (χ4v) is 2.24. The highest BCUT2D eigenvalue weighted by atomic mass is 32.1. The van der Waals surface area contributed by atoms with Crippen molar-refractivity contribution in [2.75, 3.05) is 13.2 Å². The van der Waals surface area contributed by atoms with Crippen molar-refractivity contribution in [3.8, 4) is 5.75 Å². The maximum Gasteiger partial charge on any atom is 0.147 e. The molecular formula is C14H23N3OS. The molecular weight excluding hydrogens is 258 g/mol. The van der Waals surface area contributed by atoms with Crippen LogP contribution in [0, 0.1) is 0 Å². The molecule has 0 unspecified atom stereocenters. The van der Waals surface area contributed by atoms with Gasteiger partial charge in [0.15, 0.2) is 0 Å². The Labute approximate surface area is 121 Å². The van der Waals surface area contributed by atoms with Crippen LogP contribution in [0.2, 0.25) is 0 Å². The molecule has 0 amide bonds. The Bertz CT molecular complexity index is 413. The minimum absolute atomic E-state index is 0.335. The molecule has 0 spiro atoms. The van der Waals surface area contributed by atoms with Crippen molar-refractivity contribution >= 4 is 17.2 Å². The van der Waals surface area contributed by atoms with Gasteiger partial charge in [0.2, 0.25) is 0 Å². The topological polar surface area (TPSA) is 51.4 Å². The maximum atomic E-state index is 5.76. The summed E-state index contributed by atoms with van der Waals surface area (Å²) in [4.78, 5) is 6.75. The smallest absolute Gasteiger partial charge is 0.147 e. The van der Waals surface area contributed by atoms with Gasteiger partial charge in [-0.25, -0.2) is 0 Å². The molecule has 0 saturated heterocycles. The highest BCUT2D eigenvalue weighted by Crippen LogP contribution is 2.16. The van der Waals surface area contributed by atoms with Crippen LogP contribution in [0.4, 0.5) is 0 Å². The van der Waals surface area contributed by atoms with Crippen molar-refractivity contribution < 1.29 is 4.74 Å². The molecule has 5 heteroatoms. The third-order valence-corrected chi connectivity index (χ3v) is 3.20. The Kier molecular flexibility index (Phi) is 6.18. The first-order chi connectivity index (χ1) is 8.93. The van der Waals surface area contributed by atoms with Gasteiger partial charge in [0.1, 0.15) is 17.3 Å². The Morgan fingerprint density at radius 2 is 2.00 bits per heavy atom. The Balaban J connectivity index is 2.60. The van der Waals surface area contributed by atoms with E-state index in [0.717, 1.165) is 12.1 Å². The summed E-state index contributed by atoms with van der Waals surface area (Å²) in [7, 11) is 0. The molecule has 1 rings (SSSR count). The van der Waals surface area contributed by atoms with Crippen LogP contribution in [0.1, 0.15) is 33.3 Å². The largest absolute Gasteiger partial charge is 0.490 e. The van der Waals surface area contributed by atoms with Crippen LogP contribution in [0.5, 0.6) is 5.75 Å². The Morgan fingerprint density at radius 3 is 2.53 bits per heavy atom. The molecule has 0 aliphatic rings. The molecule has 1 heterocycles. The number of rotatable bonds is 7. The quantitative estimate of drug-likeness (QED) is 0.777. The van der Waals surface area contributed by atoms with Crippen LogP contribution in [-0.4, -0.2) is 40.1 Å². The molecule has 1 aromatic rings. The highest BCUT2D eigenvalue weighted by molar-refractivity contribution is 7.80. The highest BCUT2D eigenvalue weighted by Gasteiger charge is 2.13. The zero-order chi connectivity index (χ0) is 14.4. The van der Waals surface area contributed by atoms with E-state index >= 15 is 0 Å². The lowest BCUT2D eigenvalue weighted by Gasteiger charge is -2.30. The minimum atomic E-state index is 0.335. The second-order valence-corrected chi connectivity index (χ2v) is 5.45. The zero-order valence-corrected chi connectivity index (χ0v) is 12.9. The third kappa shape index (κ3) is 4.76. The number of hydrogen-bond donors (Lipinski definition) is 1. The first kappa shape index (κ1) is 15.9. The second-order valence-electron chi connectivity index (χ2n) is 5.01. The van der Waals surface area contributed by atoms with Gasteiger partial charge >= 0.3 is 0 Å². The fourth-order valence-electron chi connectivity index (χ4n) is 2.07. The van der Waals surface area contributed by atoms with E-state index in [9.17, 15) is 0 Å². The van der Waals surface area contributed by atoms with E-state index in [1.165, 1.54) is 0 Å². The van der Waals surface area contributed by atoms with Crippen molar-refractivity contribution in [3.63, 3.8) is 0 Å². The summed E-state index contributed by atoms with van der Waals surface area (Å²) in [6.07, 6.45) is 3.32. The first-order valence-electron chi connectivity index (χ1n) is 6.55. The molecule has 0 aliphatic carbocycles. The zero-order valence-electron chi connectivity index (χ0n) is 12.1. The number of hydrogen-bond acceptors (Lipinski definition) is 4. The number of nitrogens with two attached hydrogens (primary N) is 1. The SMILES string of the molecule is CC(C)N(CCOc1cnccc1C(N)=S)C(C)C. The molecule has 0 radical (unpaired) electrons. The van der Waals surface area contributed by atoms with E-state index in [-0.39, 0.29) is 0 Å². The van der Waals surface area contributed by atoms with Crippen molar-refractivity contribution in [2.45, 2.75) is 39.8 Å². The van der Waals surface area contributed by atoms with Crippen molar-refractivity contribution in [2.24, 2.45) is 5.73 Å². The number of nitrogens with zero attached hydrogens (tertiary/aromatic N) is 2. The molecule has 106 valence electrons. The van der Waals surface area contributed by atoms with Gasteiger partial charge in [-0.2, -0.15) is 0 Å². The normalized spacial score (nSPS) is 11.3. The van der Waals surface area contributed by atoms with Gasteiger partial charge in [0, 0.05) is 24.8 Å². The fraction of sp³-hybridized carbons (Fsp3) is 0.571. The summed E-state index contributed by atoms with van der Waals surface area (Å²) in [5.74, 6) is 0.655. The predicted octanol–water partition coefficient (Wildman–Crippen LogP) is 2.21. The molecule has 4 nitrogen and oxygen atoms in total. The Hall–Kier alpha value is -1.20. The van der Waals surface area contributed by atoms with E-state index < -0.39 is 0 Å². The summed E-state index contributed by atoms with van der Waals surface area (Å²) in [6, 6.07) is 2.76. The molecule has 19 heavy (non-hydrogen) atoms. The van der Waals surface area contributed by atoms with Gasteiger partial charge in [-0.05, 0) is 33.8 Å². The maximum absolute atomic E-state index is 5.76. The van der Waals surface area contributed by atoms with E-state index in [4.69, 9.17) is 22.7 Å². The molecule has 1 aromatic heterocycles. The van der Waals surface area contributed by atoms with Gasteiger partial charge in [-0.1, -0.05) is 12.2 Å². The van der Waals surface area contributed by atoms with Gasteiger partial charge < -0.3 is 10.5 Å². The van der Waals surface area contributed by atoms with E-state index in [2.05, 4.69) is 37.6 Å². The predicted molar refractivity (Wildman–Crippen MR) is 82.6 cm³/mol. The standard InChI is InChI=1S/C14H23N3OS/c1-10(2)17(11(3)4)7-8-18-13-9-16-6-5-12(13)14(15)19/h5-6,9-11H,7-8H2,1-4H3,(H2,15,19). The van der Waals surface area contributed by atoms with E-state index in [1.807, 2.05) is 0 Å². The molecule has 2 N–H and O–H groups in total. The van der Waals surface area contributed by atoms with E-state index in [1.54, 1.807) is 18.5 Å². The average molecular weight is 281 g/mol. The monoisotopic (exact) mass is 281 g/mol. The first-order valence-corrected chi connectivity index (χ1v) is 6.96. The van der Waals surface area contributed by atoms with Crippen LogP contribution in [0.15, 0.2) is 18.5 Å². The number of pyridine rings is 1. The van der Waals surface area contributed by atoms with Crippen LogP contribution in [0.3, 0.4) is 0 Å².